The number of amides is 2. The van der Waals surface area contributed by atoms with E-state index in [-0.39, 0.29) is 17.7 Å². The molecule has 0 aliphatic heterocycles. The third-order valence-corrected chi connectivity index (χ3v) is 5.78. The fourth-order valence-corrected chi connectivity index (χ4v) is 4.09. The molecule has 3 N–H and O–H groups in total. The van der Waals surface area contributed by atoms with Crippen molar-refractivity contribution in [3.8, 4) is 0 Å². The van der Waals surface area contributed by atoms with Crippen LogP contribution in [0.2, 0.25) is 0 Å². The van der Waals surface area contributed by atoms with Crippen molar-refractivity contribution in [3.63, 3.8) is 0 Å². The molecule has 2 amide bonds. The molecule has 1 aliphatic rings. The van der Waals surface area contributed by atoms with Crippen LogP contribution in [0.4, 0.5) is 5.69 Å². The summed E-state index contributed by atoms with van der Waals surface area (Å²) in [5, 5.41) is 7.03. The standard InChI is InChI=1S/C25H21N3O2/c29-23(18-10-5-2-6-11-18)28-25(16-20(25)17-8-3-1-4-9-17)24(30)27-22-13-7-12-21-19(22)14-15-26-21/h1-15,20,26H,16H2,(H,27,30)(H,28,29). The molecule has 0 saturated heterocycles. The van der Waals surface area contributed by atoms with Crippen LogP contribution in [0.15, 0.2) is 91.1 Å². The maximum atomic E-state index is 13.5. The number of carbonyl (C=O) groups excluding carboxylic acids is 2. The molecule has 0 spiro atoms. The van der Waals surface area contributed by atoms with Crippen molar-refractivity contribution >= 4 is 28.4 Å². The van der Waals surface area contributed by atoms with Crippen LogP contribution in [-0.4, -0.2) is 22.3 Å². The normalized spacial score (nSPS) is 19.9. The van der Waals surface area contributed by atoms with Gasteiger partial charge in [-0.2, -0.15) is 0 Å². The summed E-state index contributed by atoms with van der Waals surface area (Å²) >= 11 is 0. The van der Waals surface area contributed by atoms with E-state index in [2.05, 4.69) is 15.6 Å². The van der Waals surface area contributed by atoms with Gasteiger partial charge in [0.05, 0.1) is 5.69 Å². The maximum absolute atomic E-state index is 13.5. The molecule has 5 rings (SSSR count). The highest BCUT2D eigenvalue weighted by atomic mass is 16.2. The Morgan fingerprint density at radius 3 is 2.37 bits per heavy atom. The zero-order valence-corrected chi connectivity index (χ0v) is 16.3. The van der Waals surface area contributed by atoms with E-state index in [1.165, 1.54) is 0 Å². The highest BCUT2D eigenvalue weighted by molar-refractivity contribution is 6.09. The van der Waals surface area contributed by atoms with Crippen LogP contribution in [0.3, 0.4) is 0 Å². The number of H-pyrrole nitrogens is 1. The summed E-state index contributed by atoms with van der Waals surface area (Å²) in [7, 11) is 0. The van der Waals surface area contributed by atoms with Gasteiger partial charge in [0.25, 0.3) is 11.8 Å². The van der Waals surface area contributed by atoms with Crippen LogP contribution in [-0.2, 0) is 4.79 Å². The van der Waals surface area contributed by atoms with Crippen molar-refractivity contribution in [2.75, 3.05) is 5.32 Å². The molecule has 1 fully saturated rings. The number of aromatic nitrogens is 1. The number of benzene rings is 3. The third-order valence-electron chi connectivity index (χ3n) is 5.78. The number of anilines is 1. The Morgan fingerprint density at radius 2 is 1.60 bits per heavy atom. The summed E-state index contributed by atoms with van der Waals surface area (Å²) in [5.41, 5.74) is 2.28. The summed E-state index contributed by atoms with van der Waals surface area (Å²) in [6, 6.07) is 26.5. The first-order valence-corrected chi connectivity index (χ1v) is 9.97. The number of hydrogen-bond donors (Lipinski definition) is 3. The lowest BCUT2D eigenvalue weighted by Crippen LogP contribution is -2.47. The Kier molecular flexibility index (Phi) is 4.36. The van der Waals surface area contributed by atoms with E-state index in [1.54, 1.807) is 12.1 Å². The number of fused-ring (bicyclic) bond motifs is 1. The van der Waals surface area contributed by atoms with Crippen LogP contribution in [0.1, 0.15) is 28.3 Å². The van der Waals surface area contributed by atoms with Gasteiger partial charge in [-0.25, -0.2) is 0 Å². The summed E-state index contributed by atoms with van der Waals surface area (Å²) < 4.78 is 0. The quantitative estimate of drug-likeness (QED) is 0.467. The van der Waals surface area contributed by atoms with Crippen LogP contribution in [0.25, 0.3) is 10.9 Å². The molecule has 0 radical (unpaired) electrons. The van der Waals surface area contributed by atoms with Crippen molar-refractivity contribution in [1.82, 2.24) is 10.3 Å². The summed E-state index contributed by atoms with van der Waals surface area (Å²) in [5.74, 6) is -0.518. The molecule has 5 nitrogen and oxygen atoms in total. The molecule has 148 valence electrons. The van der Waals surface area contributed by atoms with Gasteiger partial charge in [-0.1, -0.05) is 54.6 Å². The number of nitrogens with one attached hydrogen (secondary N) is 3. The van der Waals surface area contributed by atoms with Crippen LogP contribution >= 0.6 is 0 Å². The highest BCUT2D eigenvalue weighted by Gasteiger charge is 2.61. The van der Waals surface area contributed by atoms with E-state index >= 15 is 0 Å². The van der Waals surface area contributed by atoms with E-state index in [1.807, 2.05) is 79.0 Å². The number of aromatic amines is 1. The molecular weight excluding hydrogens is 374 g/mol. The minimum absolute atomic E-state index is 0.0724. The number of hydrogen-bond acceptors (Lipinski definition) is 2. The van der Waals surface area contributed by atoms with Gasteiger partial charge in [-0.05, 0) is 42.3 Å². The molecule has 30 heavy (non-hydrogen) atoms. The molecule has 1 heterocycles. The van der Waals surface area contributed by atoms with E-state index < -0.39 is 5.54 Å². The van der Waals surface area contributed by atoms with Gasteiger partial charge in [0.1, 0.15) is 5.54 Å². The van der Waals surface area contributed by atoms with Gasteiger partial charge < -0.3 is 15.6 Å². The molecule has 1 aliphatic carbocycles. The van der Waals surface area contributed by atoms with Crippen LogP contribution in [0.5, 0.6) is 0 Å². The number of rotatable bonds is 5. The Morgan fingerprint density at radius 1 is 0.867 bits per heavy atom. The van der Waals surface area contributed by atoms with Crippen molar-refractivity contribution in [1.29, 1.82) is 0 Å². The summed E-state index contributed by atoms with van der Waals surface area (Å²) in [6.45, 7) is 0. The van der Waals surface area contributed by atoms with E-state index in [9.17, 15) is 9.59 Å². The average Bonchev–Trinajstić information content (AvgIpc) is 3.31. The molecule has 4 aromatic rings. The third kappa shape index (κ3) is 3.14. The Labute approximate surface area is 174 Å². The topological polar surface area (TPSA) is 74.0 Å². The van der Waals surface area contributed by atoms with E-state index in [0.29, 0.717) is 12.0 Å². The molecule has 2 unspecified atom stereocenters. The summed E-state index contributed by atoms with van der Waals surface area (Å²) in [6.07, 6.45) is 2.40. The first kappa shape index (κ1) is 18.2. The Bertz CT molecular complexity index is 1220. The van der Waals surface area contributed by atoms with Crippen LogP contribution in [0, 0.1) is 0 Å². The monoisotopic (exact) mass is 395 g/mol. The van der Waals surface area contributed by atoms with E-state index in [4.69, 9.17) is 0 Å². The van der Waals surface area contributed by atoms with Gasteiger partial charge in [-0.15, -0.1) is 0 Å². The molecule has 1 aromatic heterocycles. The smallest absolute Gasteiger partial charge is 0.252 e. The first-order chi connectivity index (χ1) is 14.7. The zero-order chi connectivity index (χ0) is 20.6. The minimum atomic E-state index is -0.979. The van der Waals surface area contributed by atoms with Crippen LogP contribution < -0.4 is 10.6 Å². The summed E-state index contributed by atoms with van der Waals surface area (Å²) in [4.78, 5) is 29.5. The maximum Gasteiger partial charge on any atom is 0.252 e. The SMILES string of the molecule is O=C(NC1(C(=O)Nc2cccc3[nH]ccc23)CC1c1ccccc1)c1ccccc1. The highest BCUT2D eigenvalue weighted by Crippen LogP contribution is 2.52. The van der Waals surface area contributed by atoms with Gasteiger partial charge in [0.15, 0.2) is 0 Å². The Hall–Kier alpha value is -3.86. The van der Waals surface area contributed by atoms with Crippen molar-refractivity contribution in [2.24, 2.45) is 0 Å². The molecular formula is C25H21N3O2. The van der Waals surface area contributed by atoms with Crippen molar-refractivity contribution in [3.05, 3.63) is 102 Å². The minimum Gasteiger partial charge on any atom is -0.361 e. The second-order valence-corrected chi connectivity index (χ2v) is 7.66. The fourth-order valence-electron chi connectivity index (χ4n) is 4.09. The molecule has 3 aromatic carbocycles. The van der Waals surface area contributed by atoms with Gasteiger partial charge in [0, 0.05) is 28.6 Å². The van der Waals surface area contributed by atoms with Crippen molar-refractivity contribution < 1.29 is 9.59 Å². The van der Waals surface area contributed by atoms with E-state index in [0.717, 1.165) is 22.2 Å². The number of carbonyl (C=O) groups is 2. The first-order valence-electron chi connectivity index (χ1n) is 9.97. The largest absolute Gasteiger partial charge is 0.361 e. The lowest BCUT2D eigenvalue weighted by atomic mass is 10.0. The molecule has 5 heteroatoms. The zero-order valence-electron chi connectivity index (χ0n) is 16.3. The van der Waals surface area contributed by atoms with Gasteiger partial charge in [-0.3, -0.25) is 9.59 Å². The van der Waals surface area contributed by atoms with Gasteiger partial charge >= 0.3 is 0 Å². The lowest BCUT2D eigenvalue weighted by Gasteiger charge is -2.20. The van der Waals surface area contributed by atoms with Gasteiger partial charge in [0.2, 0.25) is 0 Å². The average molecular weight is 395 g/mol. The Balaban J connectivity index is 1.46. The predicted octanol–water partition coefficient (Wildman–Crippen LogP) is 4.46. The second kappa shape index (κ2) is 7.19. The lowest BCUT2D eigenvalue weighted by molar-refractivity contribution is -0.119. The second-order valence-electron chi connectivity index (χ2n) is 7.66. The molecule has 2 atom stereocenters. The molecule has 0 bridgehead atoms. The molecule has 1 saturated carbocycles. The predicted molar refractivity (Wildman–Crippen MR) is 117 cm³/mol. The fraction of sp³-hybridized carbons (Fsp3) is 0.120. The van der Waals surface area contributed by atoms with Crippen molar-refractivity contribution in [2.45, 2.75) is 17.9 Å².